The maximum atomic E-state index is 13.6. The standard InChI is InChI=1S/C14H11ClF5N3O/c1-6-2-3-7(16)8(4-6)21-9(24)5-23-12(14(19)20)10(15)11(22-23)13(17)18/h2-4,13-14H,5H2,1H3,(H,21,24). The molecule has 0 unspecified atom stereocenters. The van der Waals surface area contributed by atoms with Crippen LogP contribution in [-0.2, 0) is 11.3 Å². The molecule has 2 rings (SSSR count). The van der Waals surface area contributed by atoms with E-state index < -0.39 is 47.5 Å². The van der Waals surface area contributed by atoms with Crippen molar-refractivity contribution < 1.29 is 26.7 Å². The van der Waals surface area contributed by atoms with Gasteiger partial charge in [0.25, 0.3) is 12.9 Å². The Morgan fingerprint density at radius 2 is 1.96 bits per heavy atom. The predicted molar refractivity (Wildman–Crippen MR) is 76.9 cm³/mol. The molecule has 4 nitrogen and oxygen atoms in total. The smallest absolute Gasteiger partial charge is 0.283 e. The summed E-state index contributed by atoms with van der Waals surface area (Å²) in [5.41, 5.74) is -1.54. The Kier molecular flexibility index (Phi) is 5.43. The number of benzene rings is 1. The lowest BCUT2D eigenvalue weighted by atomic mass is 10.2. The molecular formula is C14H11ClF5N3O. The van der Waals surface area contributed by atoms with Crippen molar-refractivity contribution in [3.8, 4) is 0 Å². The third kappa shape index (κ3) is 3.84. The highest BCUT2D eigenvalue weighted by Gasteiger charge is 2.28. The SMILES string of the molecule is Cc1ccc(F)c(NC(=O)Cn2nc(C(F)F)c(Cl)c2C(F)F)c1. The average Bonchev–Trinajstić information content (AvgIpc) is 2.79. The van der Waals surface area contributed by atoms with E-state index in [2.05, 4.69) is 10.4 Å². The Labute approximate surface area is 138 Å². The van der Waals surface area contributed by atoms with E-state index in [-0.39, 0.29) is 5.69 Å². The maximum Gasteiger partial charge on any atom is 0.283 e. The van der Waals surface area contributed by atoms with Gasteiger partial charge in [0.05, 0.1) is 10.7 Å². The summed E-state index contributed by atoms with van der Waals surface area (Å²) >= 11 is 5.47. The second-order valence-corrected chi connectivity index (χ2v) is 5.25. The van der Waals surface area contributed by atoms with Gasteiger partial charge in [-0.3, -0.25) is 9.48 Å². The number of aromatic nitrogens is 2. The Bertz CT molecular complexity index is 763. The summed E-state index contributed by atoms with van der Waals surface area (Å²) in [6.07, 6.45) is -6.38. The fourth-order valence-electron chi connectivity index (χ4n) is 2.00. The van der Waals surface area contributed by atoms with Crippen LogP contribution in [0.1, 0.15) is 29.8 Å². The van der Waals surface area contributed by atoms with Gasteiger partial charge in [0.15, 0.2) is 0 Å². The third-order valence-corrected chi connectivity index (χ3v) is 3.45. The second kappa shape index (κ2) is 7.16. The number of carbonyl (C=O) groups excluding carboxylic acids is 1. The molecule has 0 saturated heterocycles. The fourth-order valence-corrected chi connectivity index (χ4v) is 2.30. The van der Waals surface area contributed by atoms with E-state index in [0.29, 0.717) is 10.2 Å². The number of alkyl halides is 4. The molecule has 0 radical (unpaired) electrons. The maximum absolute atomic E-state index is 13.6. The molecule has 1 N–H and O–H groups in total. The Balaban J connectivity index is 2.25. The molecule has 1 aromatic carbocycles. The highest BCUT2D eigenvalue weighted by molar-refractivity contribution is 6.32. The van der Waals surface area contributed by atoms with Crippen molar-refractivity contribution in [3.63, 3.8) is 0 Å². The van der Waals surface area contributed by atoms with Crippen molar-refractivity contribution in [2.24, 2.45) is 0 Å². The zero-order chi connectivity index (χ0) is 18.0. The van der Waals surface area contributed by atoms with Crippen molar-refractivity contribution in [2.45, 2.75) is 26.3 Å². The summed E-state index contributed by atoms with van der Waals surface area (Å²) in [5, 5.41) is 4.53. The van der Waals surface area contributed by atoms with Gasteiger partial charge in [-0.2, -0.15) is 5.10 Å². The van der Waals surface area contributed by atoms with Crippen LogP contribution < -0.4 is 5.32 Å². The summed E-state index contributed by atoms with van der Waals surface area (Å²) in [6, 6.07) is 3.93. The molecule has 0 aliphatic carbocycles. The first kappa shape index (κ1) is 18.2. The van der Waals surface area contributed by atoms with Gasteiger partial charge >= 0.3 is 0 Å². The zero-order valence-electron chi connectivity index (χ0n) is 12.2. The number of carbonyl (C=O) groups is 1. The van der Waals surface area contributed by atoms with Crippen molar-refractivity contribution in [1.29, 1.82) is 0 Å². The van der Waals surface area contributed by atoms with Gasteiger partial charge in [0.1, 0.15) is 23.7 Å². The minimum absolute atomic E-state index is 0.161. The van der Waals surface area contributed by atoms with Gasteiger partial charge in [-0.25, -0.2) is 22.0 Å². The molecule has 1 heterocycles. The fraction of sp³-hybridized carbons (Fsp3) is 0.286. The Morgan fingerprint density at radius 1 is 1.29 bits per heavy atom. The summed E-state index contributed by atoms with van der Waals surface area (Å²) in [5.74, 6) is -1.64. The molecule has 0 spiro atoms. The quantitative estimate of drug-likeness (QED) is 0.791. The van der Waals surface area contributed by atoms with Gasteiger partial charge in [-0.15, -0.1) is 0 Å². The van der Waals surface area contributed by atoms with Crippen LogP contribution in [0.5, 0.6) is 0 Å². The molecule has 0 saturated carbocycles. The zero-order valence-corrected chi connectivity index (χ0v) is 12.9. The monoisotopic (exact) mass is 367 g/mol. The van der Waals surface area contributed by atoms with Gasteiger partial charge in [0.2, 0.25) is 5.91 Å². The first-order valence-electron chi connectivity index (χ1n) is 6.59. The number of nitrogens with zero attached hydrogens (tertiary/aromatic N) is 2. The number of aryl methyl sites for hydroxylation is 1. The molecule has 24 heavy (non-hydrogen) atoms. The van der Waals surface area contributed by atoms with E-state index in [4.69, 9.17) is 11.6 Å². The predicted octanol–water partition coefficient (Wildman–Crippen LogP) is 4.50. The van der Waals surface area contributed by atoms with E-state index >= 15 is 0 Å². The van der Waals surface area contributed by atoms with Crippen LogP contribution in [0.25, 0.3) is 0 Å². The van der Waals surface area contributed by atoms with Gasteiger partial charge in [0, 0.05) is 0 Å². The van der Waals surface area contributed by atoms with Crippen molar-refractivity contribution in [3.05, 3.63) is 46.0 Å². The number of halogens is 6. The lowest BCUT2D eigenvalue weighted by molar-refractivity contribution is -0.117. The first-order valence-corrected chi connectivity index (χ1v) is 6.97. The molecule has 10 heteroatoms. The molecule has 1 aromatic heterocycles. The molecule has 0 fully saturated rings. The van der Waals surface area contributed by atoms with Crippen molar-refractivity contribution in [2.75, 3.05) is 5.32 Å². The van der Waals surface area contributed by atoms with Gasteiger partial charge in [-0.1, -0.05) is 17.7 Å². The number of hydrogen-bond donors (Lipinski definition) is 1. The van der Waals surface area contributed by atoms with E-state index in [1.807, 2.05) is 0 Å². The molecular weight excluding hydrogens is 357 g/mol. The highest BCUT2D eigenvalue weighted by atomic mass is 35.5. The van der Waals surface area contributed by atoms with Crippen LogP contribution in [-0.4, -0.2) is 15.7 Å². The molecule has 130 valence electrons. The minimum Gasteiger partial charge on any atom is -0.322 e. The van der Waals surface area contributed by atoms with Crippen LogP contribution >= 0.6 is 11.6 Å². The average molecular weight is 368 g/mol. The van der Waals surface area contributed by atoms with Crippen molar-refractivity contribution >= 4 is 23.2 Å². The van der Waals surface area contributed by atoms with E-state index in [1.54, 1.807) is 6.92 Å². The number of nitrogens with one attached hydrogen (secondary N) is 1. The van der Waals surface area contributed by atoms with E-state index in [1.165, 1.54) is 12.1 Å². The summed E-state index contributed by atoms with van der Waals surface area (Å²) in [4.78, 5) is 11.9. The number of hydrogen-bond acceptors (Lipinski definition) is 2. The van der Waals surface area contributed by atoms with Crippen LogP contribution in [0.15, 0.2) is 18.2 Å². The van der Waals surface area contributed by atoms with Crippen LogP contribution in [0.2, 0.25) is 5.02 Å². The van der Waals surface area contributed by atoms with E-state index in [9.17, 15) is 26.7 Å². The molecule has 2 aromatic rings. The topological polar surface area (TPSA) is 46.9 Å². The van der Waals surface area contributed by atoms with Crippen LogP contribution in [0.3, 0.4) is 0 Å². The highest BCUT2D eigenvalue weighted by Crippen LogP contribution is 2.34. The number of rotatable bonds is 5. The van der Waals surface area contributed by atoms with Crippen LogP contribution in [0, 0.1) is 12.7 Å². The second-order valence-electron chi connectivity index (χ2n) is 4.87. The van der Waals surface area contributed by atoms with Gasteiger partial charge in [-0.05, 0) is 24.6 Å². The Hall–Kier alpha value is -2.16. The van der Waals surface area contributed by atoms with E-state index in [0.717, 1.165) is 6.07 Å². The number of anilines is 1. The lowest BCUT2D eigenvalue weighted by Gasteiger charge is -2.09. The molecule has 0 aliphatic heterocycles. The number of amides is 1. The summed E-state index contributed by atoms with van der Waals surface area (Å²) < 4.78 is 65.3. The van der Waals surface area contributed by atoms with Crippen LogP contribution in [0.4, 0.5) is 27.6 Å². The lowest BCUT2D eigenvalue weighted by Crippen LogP contribution is -2.21. The molecule has 0 atom stereocenters. The molecule has 1 amide bonds. The summed E-state index contributed by atoms with van der Waals surface area (Å²) in [7, 11) is 0. The van der Waals surface area contributed by atoms with Crippen molar-refractivity contribution in [1.82, 2.24) is 9.78 Å². The summed E-state index contributed by atoms with van der Waals surface area (Å²) in [6.45, 7) is 0.839. The largest absolute Gasteiger partial charge is 0.322 e. The normalized spacial score (nSPS) is 11.4. The molecule has 0 bridgehead atoms. The molecule has 0 aliphatic rings. The van der Waals surface area contributed by atoms with Gasteiger partial charge < -0.3 is 5.32 Å². The first-order chi connectivity index (χ1) is 11.2. The third-order valence-electron chi connectivity index (χ3n) is 3.06. The minimum atomic E-state index is -3.21. The Morgan fingerprint density at radius 3 is 2.54 bits per heavy atom.